The molecule has 0 aromatic carbocycles. The summed E-state index contributed by atoms with van der Waals surface area (Å²) in [5.74, 6) is 0. The quantitative estimate of drug-likeness (QED) is 0.721. The zero-order valence-electron chi connectivity index (χ0n) is 11.3. The molecule has 2 aliphatic rings. The van der Waals surface area contributed by atoms with Crippen LogP contribution < -0.4 is 11.1 Å². The van der Waals surface area contributed by atoms with Crippen LogP contribution >= 0.6 is 0 Å². The average Bonchev–Trinajstić information content (AvgIpc) is 2.42. The largest absolute Gasteiger partial charge is 0.399 e. The number of piperidine rings is 1. The zero-order chi connectivity index (χ0) is 12.8. The monoisotopic (exact) mass is 251 g/mol. The molecule has 1 saturated heterocycles. The lowest BCUT2D eigenvalue weighted by Gasteiger charge is -2.35. The Bertz CT molecular complexity index is 319. The van der Waals surface area contributed by atoms with Crippen molar-refractivity contribution >= 4 is 0 Å². The SMILES string of the molecule is COCN(CC1=C(N)C=CCC1)C1CCNCC1. The number of nitrogens with zero attached hydrogens (tertiary/aromatic N) is 1. The van der Waals surface area contributed by atoms with Gasteiger partial charge in [0.2, 0.25) is 0 Å². The molecule has 18 heavy (non-hydrogen) atoms. The Balaban J connectivity index is 1.98. The van der Waals surface area contributed by atoms with Gasteiger partial charge in [-0.3, -0.25) is 4.90 Å². The highest BCUT2D eigenvalue weighted by Gasteiger charge is 2.22. The van der Waals surface area contributed by atoms with Gasteiger partial charge in [-0.25, -0.2) is 0 Å². The zero-order valence-corrected chi connectivity index (χ0v) is 11.3. The van der Waals surface area contributed by atoms with Crippen molar-refractivity contribution in [3.8, 4) is 0 Å². The molecule has 0 spiro atoms. The van der Waals surface area contributed by atoms with Gasteiger partial charge in [-0.2, -0.15) is 0 Å². The van der Waals surface area contributed by atoms with Crippen molar-refractivity contribution in [1.29, 1.82) is 0 Å². The van der Waals surface area contributed by atoms with Gasteiger partial charge >= 0.3 is 0 Å². The Kier molecular flexibility index (Phi) is 5.23. The maximum atomic E-state index is 6.07. The lowest BCUT2D eigenvalue weighted by Crippen LogP contribution is -2.45. The highest BCUT2D eigenvalue weighted by atomic mass is 16.5. The second kappa shape index (κ2) is 6.92. The van der Waals surface area contributed by atoms with Crippen molar-refractivity contribution in [2.75, 3.05) is 33.5 Å². The number of hydrogen-bond acceptors (Lipinski definition) is 4. The van der Waals surface area contributed by atoms with Crippen LogP contribution in [0.4, 0.5) is 0 Å². The molecule has 102 valence electrons. The third-order valence-corrected chi connectivity index (χ3v) is 3.83. The molecule has 0 radical (unpaired) electrons. The van der Waals surface area contributed by atoms with E-state index >= 15 is 0 Å². The second-order valence-electron chi connectivity index (χ2n) is 5.15. The summed E-state index contributed by atoms with van der Waals surface area (Å²) in [7, 11) is 1.77. The minimum absolute atomic E-state index is 0.623. The van der Waals surface area contributed by atoms with Gasteiger partial charge in [0.25, 0.3) is 0 Å². The summed E-state index contributed by atoms with van der Waals surface area (Å²) >= 11 is 0. The molecular formula is C14H25N3O. The minimum Gasteiger partial charge on any atom is -0.399 e. The van der Waals surface area contributed by atoms with Crippen molar-refractivity contribution in [2.45, 2.75) is 31.7 Å². The number of nitrogens with one attached hydrogen (secondary N) is 1. The molecule has 0 aromatic heterocycles. The summed E-state index contributed by atoms with van der Waals surface area (Å²) in [6, 6.07) is 0.623. The average molecular weight is 251 g/mol. The molecule has 4 nitrogen and oxygen atoms in total. The smallest absolute Gasteiger partial charge is 0.0991 e. The van der Waals surface area contributed by atoms with Crippen LogP contribution in [0, 0.1) is 0 Å². The summed E-state index contributed by atoms with van der Waals surface area (Å²) in [5.41, 5.74) is 8.39. The Hall–Kier alpha value is -0.840. The maximum Gasteiger partial charge on any atom is 0.0991 e. The van der Waals surface area contributed by atoms with Gasteiger partial charge in [0.05, 0.1) is 6.73 Å². The summed E-state index contributed by atoms with van der Waals surface area (Å²) in [6.07, 6.45) is 8.81. The van der Waals surface area contributed by atoms with Gasteiger partial charge < -0.3 is 15.8 Å². The van der Waals surface area contributed by atoms with Gasteiger partial charge in [0.15, 0.2) is 0 Å². The number of ether oxygens (including phenoxy) is 1. The van der Waals surface area contributed by atoms with Gasteiger partial charge in [-0.05, 0) is 50.4 Å². The van der Waals surface area contributed by atoms with Crippen molar-refractivity contribution in [1.82, 2.24) is 10.2 Å². The van der Waals surface area contributed by atoms with E-state index in [1.807, 2.05) is 6.08 Å². The van der Waals surface area contributed by atoms with E-state index in [1.54, 1.807) is 7.11 Å². The van der Waals surface area contributed by atoms with Crippen LogP contribution in [0.15, 0.2) is 23.4 Å². The first-order valence-electron chi connectivity index (χ1n) is 6.89. The predicted molar refractivity (Wildman–Crippen MR) is 74.1 cm³/mol. The van der Waals surface area contributed by atoms with Crippen molar-refractivity contribution in [3.05, 3.63) is 23.4 Å². The number of hydrogen-bond donors (Lipinski definition) is 2. The molecule has 0 atom stereocenters. The van der Waals surface area contributed by atoms with Gasteiger partial charge in [-0.15, -0.1) is 0 Å². The van der Waals surface area contributed by atoms with E-state index in [1.165, 1.54) is 18.4 Å². The van der Waals surface area contributed by atoms with Crippen molar-refractivity contribution in [3.63, 3.8) is 0 Å². The first kappa shape index (κ1) is 13.6. The van der Waals surface area contributed by atoms with E-state index in [2.05, 4.69) is 16.3 Å². The molecule has 0 bridgehead atoms. The van der Waals surface area contributed by atoms with Crippen LogP contribution in [0.25, 0.3) is 0 Å². The van der Waals surface area contributed by atoms with Crippen LogP contribution in [0.5, 0.6) is 0 Å². The molecule has 4 heteroatoms. The fourth-order valence-electron chi connectivity index (χ4n) is 2.76. The Morgan fingerprint density at radius 1 is 1.44 bits per heavy atom. The third kappa shape index (κ3) is 3.57. The normalized spacial score (nSPS) is 21.9. The van der Waals surface area contributed by atoms with E-state index in [0.717, 1.165) is 38.2 Å². The number of nitrogens with two attached hydrogens (primary N) is 1. The summed E-state index contributed by atoms with van der Waals surface area (Å²) in [5, 5.41) is 3.41. The Morgan fingerprint density at radius 2 is 2.22 bits per heavy atom. The minimum atomic E-state index is 0.623. The second-order valence-corrected chi connectivity index (χ2v) is 5.15. The third-order valence-electron chi connectivity index (χ3n) is 3.83. The highest BCUT2D eigenvalue weighted by Crippen LogP contribution is 2.20. The standard InChI is InChI=1S/C14H25N3O/c1-18-11-17(13-6-8-16-9-7-13)10-12-4-2-3-5-14(12)15/h3,5,13,16H,2,4,6-11,15H2,1H3. The number of rotatable bonds is 5. The van der Waals surface area contributed by atoms with Crippen LogP contribution in [0.2, 0.25) is 0 Å². The van der Waals surface area contributed by atoms with Gasteiger partial charge in [0.1, 0.15) is 0 Å². The molecular weight excluding hydrogens is 226 g/mol. The van der Waals surface area contributed by atoms with Crippen molar-refractivity contribution in [2.24, 2.45) is 5.73 Å². The first-order valence-corrected chi connectivity index (χ1v) is 6.89. The fourth-order valence-corrected chi connectivity index (χ4v) is 2.76. The molecule has 1 heterocycles. The fraction of sp³-hybridized carbons (Fsp3) is 0.714. The van der Waals surface area contributed by atoms with Crippen LogP contribution in [0.3, 0.4) is 0 Å². The van der Waals surface area contributed by atoms with E-state index < -0.39 is 0 Å². The predicted octanol–water partition coefficient (Wildman–Crippen LogP) is 1.21. The topological polar surface area (TPSA) is 50.5 Å². The highest BCUT2D eigenvalue weighted by molar-refractivity contribution is 5.27. The first-order chi connectivity index (χ1) is 8.81. The van der Waals surface area contributed by atoms with E-state index in [9.17, 15) is 0 Å². The van der Waals surface area contributed by atoms with E-state index in [0.29, 0.717) is 12.8 Å². The lowest BCUT2D eigenvalue weighted by atomic mass is 9.99. The van der Waals surface area contributed by atoms with E-state index in [4.69, 9.17) is 10.5 Å². The van der Waals surface area contributed by atoms with Crippen LogP contribution in [-0.4, -0.2) is 44.4 Å². The van der Waals surface area contributed by atoms with Crippen LogP contribution in [-0.2, 0) is 4.74 Å². The summed E-state index contributed by atoms with van der Waals surface area (Å²) in [4.78, 5) is 2.43. The molecule has 1 aliphatic carbocycles. The maximum absolute atomic E-state index is 6.07. The Morgan fingerprint density at radius 3 is 2.89 bits per heavy atom. The molecule has 3 N–H and O–H groups in total. The molecule has 0 aromatic rings. The van der Waals surface area contributed by atoms with Crippen molar-refractivity contribution < 1.29 is 4.74 Å². The molecule has 0 amide bonds. The summed E-state index contributed by atoms with van der Waals surface area (Å²) < 4.78 is 5.36. The van der Waals surface area contributed by atoms with Gasteiger partial charge in [-0.1, -0.05) is 6.08 Å². The molecule has 0 unspecified atom stereocenters. The summed E-state index contributed by atoms with van der Waals surface area (Å²) in [6.45, 7) is 3.87. The van der Waals surface area contributed by atoms with Gasteiger partial charge in [0, 0.05) is 25.4 Å². The number of methoxy groups -OCH3 is 1. The van der Waals surface area contributed by atoms with E-state index in [-0.39, 0.29) is 0 Å². The number of allylic oxidation sites excluding steroid dienone is 2. The van der Waals surface area contributed by atoms with Crippen LogP contribution in [0.1, 0.15) is 25.7 Å². The molecule has 0 saturated carbocycles. The lowest BCUT2D eigenvalue weighted by molar-refractivity contribution is 0.0296. The Labute approximate surface area is 110 Å². The molecule has 1 fully saturated rings. The molecule has 1 aliphatic heterocycles. The molecule has 2 rings (SSSR count).